The van der Waals surface area contributed by atoms with Gasteiger partial charge in [-0.2, -0.15) is 0 Å². The average Bonchev–Trinajstić information content (AvgIpc) is 2.64. The van der Waals surface area contributed by atoms with Crippen LogP contribution in [0, 0.1) is 5.82 Å². The normalized spacial score (nSPS) is 13.8. The Labute approximate surface area is 118 Å². The Hall–Kier alpha value is -2.27. The van der Waals surface area contributed by atoms with Crippen molar-refractivity contribution < 1.29 is 14.0 Å². The highest BCUT2D eigenvalue weighted by atomic mass is 35.5. The molecule has 1 aromatic carbocycles. The quantitative estimate of drug-likeness (QED) is 0.631. The van der Waals surface area contributed by atoms with Gasteiger partial charge in [-0.05, 0) is 35.9 Å². The highest BCUT2D eigenvalue weighted by Crippen LogP contribution is 2.31. The minimum atomic E-state index is -0.668. The maximum absolute atomic E-state index is 13.3. The van der Waals surface area contributed by atoms with Gasteiger partial charge in [0.15, 0.2) is 0 Å². The van der Waals surface area contributed by atoms with Gasteiger partial charge >= 0.3 is 0 Å². The van der Waals surface area contributed by atoms with Crippen molar-refractivity contribution in [1.82, 2.24) is 4.98 Å². The van der Waals surface area contributed by atoms with Gasteiger partial charge in [-0.1, -0.05) is 11.6 Å². The molecule has 0 radical (unpaired) electrons. The van der Waals surface area contributed by atoms with Gasteiger partial charge in [-0.25, -0.2) is 9.37 Å². The van der Waals surface area contributed by atoms with Crippen LogP contribution < -0.4 is 4.90 Å². The van der Waals surface area contributed by atoms with Crippen molar-refractivity contribution in [2.45, 2.75) is 6.54 Å². The van der Waals surface area contributed by atoms with Crippen LogP contribution in [0.1, 0.15) is 15.9 Å². The minimum absolute atomic E-state index is 0.142. The van der Waals surface area contributed by atoms with E-state index in [1.165, 1.54) is 23.2 Å². The lowest BCUT2D eigenvalue weighted by atomic mass is 10.1. The number of fused-ring (bicyclic) bond motifs is 1. The number of nitrogens with zero attached hydrogens (tertiary/aromatic N) is 2. The van der Waals surface area contributed by atoms with Crippen LogP contribution in [0.5, 0.6) is 0 Å². The van der Waals surface area contributed by atoms with Crippen LogP contribution >= 0.6 is 11.6 Å². The standard InChI is InChI=1S/C14H8ClFN2O2/c15-12-5-8(3-4-17-12)7-18-11-6-9(16)1-2-10(11)13(19)14(18)20/h1-6H,7H2. The molecule has 1 aliphatic rings. The first-order chi connectivity index (χ1) is 9.56. The molecule has 0 atom stereocenters. The topological polar surface area (TPSA) is 50.3 Å². The SMILES string of the molecule is O=C1C(=O)N(Cc2ccnc(Cl)c2)c2cc(F)ccc21. The average molecular weight is 291 g/mol. The molecule has 2 aromatic rings. The highest BCUT2D eigenvalue weighted by molar-refractivity contribution is 6.52. The lowest BCUT2D eigenvalue weighted by Gasteiger charge is -2.16. The summed E-state index contributed by atoms with van der Waals surface area (Å²) < 4.78 is 13.3. The minimum Gasteiger partial charge on any atom is -0.300 e. The fraction of sp³-hybridized carbons (Fsp3) is 0.0714. The van der Waals surface area contributed by atoms with Crippen molar-refractivity contribution in [3.63, 3.8) is 0 Å². The summed E-state index contributed by atoms with van der Waals surface area (Å²) in [6.45, 7) is 0.142. The highest BCUT2D eigenvalue weighted by Gasteiger charge is 2.35. The van der Waals surface area contributed by atoms with E-state index in [1.807, 2.05) is 0 Å². The molecule has 0 unspecified atom stereocenters. The summed E-state index contributed by atoms with van der Waals surface area (Å²) in [6.07, 6.45) is 1.51. The van der Waals surface area contributed by atoms with Crippen molar-refractivity contribution in [1.29, 1.82) is 0 Å². The second-order valence-electron chi connectivity index (χ2n) is 4.37. The molecule has 0 fully saturated rings. The van der Waals surface area contributed by atoms with Crippen molar-refractivity contribution in [3.8, 4) is 0 Å². The largest absolute Gasteiger partial charge is 0.300 e. The zero-order valence-corrected chi connectivity index (χ0v) is 10.9. The number of halogens is 2. The number of carbonyl (C=O) groups is 2. The first kappa shape index (κ1) is 12.7. The Morgan fingerprint density at radius 2 is 2.00 bits per heavy atom. The lowest BCUT2D eigenvalue weighted by molar-refractivity contribution is -0.114. The summed E-state index contributed by atoms with van der Waals surface area (Å²) in [5.74, 6) is -1.79. The smallest absolute Gasteiger partial charge is 0.299 e. The van der Waals surface area contributed by atoms with Crippen molar-refractivity contribution >= 4 is 29.0 Å². The molecule has 1 amide bonds. The van der Waals surface area contributed by atoms with E-state index in [0.717, 1.165) is 6.07 Å². The number of hydrogen-bond donors (Lipinski definition) is 0. The molecular weight excluding hydrogens is 283 g/mol. The molecule has 100 valence electrons. The van der Waals surface area contributed by atoms with Crippen LogP contribution in [0.15, 0.2) is 36.5 Å². The molecule has 0 saturated heterocycles. The number of pyridine rings is 1. The Kier molecular flexibility index (Phi) is 2.99. The summed E-state index contributed by atoms with van der Waals surface area (Å²) in [5.41, 5.74) is 1.22. The molecule has 4 nitrogen and oxygen atoms in total. The number of aromatic nitrogens is 1. The van der Waals surface area contributed by atoms with Crippen molar-refractivity contribution in [3.05, 3.63) is 58.6 Å². The fourth-order valence-corrected chi connectivity index (χ4v) is 2.34. The van der Waals surface area contributed by atoms with Crippen LogP contribution in [0.4, 0.5) is 10.1 Å². The van der Waals surface area contributed by atoms with E-state index in [9.17, 15) is 14.0 Å². The number of amides is 1. The number of benzene rings is 1. The van der Waals surface area contributed by atoms with Crippen molar-refractivity contribution in [2.75, 3.05) is 4.90 Å². The summed E-state index contributed by atoms with van der Waals surface area (Å²) in [4.78, 5) is 28.9. The zero-order valence-electron chi connectivity index (χ0n) is 10.1. The molecular formula is C14H8ClFN2O2. The van der Waals surface area contributed by atoms with Gasteiger partial charge in [0.1, 0.15) is 11.0 Å². The van der Waals surface area contributed by atoms with Crippen LogP contribution in [0.25, 0.3) is 0 Å². The van der Waals surface area contributed by atoms with Gasteiger partial charge in [-0.15, -0.1) is 0 Å². The summed E-state index contributed by atoms with van der Waals surface area (Å²) in [5, 5.41) is 0.292. The van der Waals surface area contributed by atoms with E-state index in [-0.39, 0.29) is 17.8 Å². The molecule has 0 spiro atoms. The van der Waals surface area contributed by atoms with E-state index >= 15 is 0 Å². The first-order valence-electron chi connectivity index (χ1n) is 5.82. The van der Waals surface area contributed by atoms with E-state index in [2.05, 4.69) is 4.98 Å². The molecule has 0 saturated carbocycles. The molecule has 0 N–H and O–H groups in total. The molecule has 20 heavy (non-hydrogen) atoms. The predicted octanol–water partition coefficient (Wildman–Crippen LogP) is 2.60. The maximum Gasteiger partial charge on any atom is 0.299 e. The molecule has 0 aliphatic carbocycles. The Morgan fingerprint density at radius 3 is 2.75 bits per heavy atom. The zero-order chi connectivity index (χ0) is 14.3. The van der Waals surface area contributed by atoms with Gasteiger partial charge in [0, 0.05) is 6.20 Å². The number of anilines is 1. The molecule has 3 rings (SSSR count). The summed E-state index contributed by atoms with van der Waals surface area (Å²) in [6, 6.07) is 6.94. The Balaban J connectivity index is 2.01. The number of hydrogen-bond acceptors (Lipinski definition) is 3. The molecule has 0 bridgehead atoms. The van der Waals surface area contributed by atoms with E-state index in [0.29, 0.717) is 10.7 Å². The van der Waals surface area contributed by atoms with Gasteiger partial charge in [0.2, 0.25) is 0 Å². The Morgan fingerprint density at radius 1 is 1.20 bits per heavy atom. The molecule has 2 heterocycles. The number of carbonyl (C=O) groups excluding carboxylic acids is 2. The Bertz CT molecular complexity index is 733. The van der Waals surface area contributed by atoms with Crippen LogP contribution in [-0.4, -0.2) is 16.7 Å². The van der Waals surface area contributed by atoms with Crippen molar-refractivity contribution in [2.24, 2.45) is 0 Å². The molecule has 1 aromatic heterocycles. The van der Waals surface area contributed by atoms with Gasteiger partial charge in [0.05, 0.1) is 17.8 Å². The maximum atomic E-state index is 13.3. The molecule has 6 heteroatoms. The number of rotatable bonds is 2. The van der Waals surface area contributed by atoms with Crippen LogP contribution in [-0.2, 0) is 11.3 Å². The number of ketones is 1. The third-order valence-corrected chi connectivity index (χ3v) is 3.27. The summed E-state index contributed by atoms with van der Waals surface area (Å²) in [7, 11) is 0. The first-order valence-corrected chi connectivity index (χ1v) is 6.20. The van der Waals surface area contributed by atoms with Gasteiger partial charge in [-0.3, -0.25) is 9.59 Å². The third kappa shape index (κ3) is 2.06. The predicted molar refractivity (Wildman–Crippen MR) is 71.2 cm³/mol. The monoisotopic (exact) mass is 290 g/mol. The summed E-state index contributed by atoms with van der Waals surface area (Å²) >= 11 is 5.78. The van der Waals surface area contributed by atoms with E-state index in [1.54, 1.807) is 12.1 Å². The van der Waals surface area contributed by atoms with Gasteiger partial charge in [0.25, 0.3) is 11.7 Å². The van der Waals surface area contributed by atoms with Crippen LogP contribution in [0.3, 0.4) is 0 Å². The van der Waals surface area contributed by atoms with Gasteiger partial charge < -0.3 is 4.90 Å². The van der Waals surface area contributed by atoms with Crippen LogP contribution in [0.2, 0.25) is 5.15 Å². The molecule has 1 aliphatic heterocycles. The lowest BCUT2D eigenvalue weighted by Crippen LogP contribution is -2.29. The van der Waals surface area contributed by atoms with E-state index < -0.39 is 17.5 Å². The second kappa shape index (κ2) is 4.68. The second-order valence-corrected chi connectivity index (χ2v) is 4.76. The third-order valence-electron chi connectivity index (χ3n) is 3.07. The fourth-order valence-electron chi connectivity index (χ4n) is 2.15. The van der Waals surface area contributed by atoms with E-state index in [4.69, 9.17) is 11.6 Å². The number of Topliss-reactive ketones (excluding diaryl/α,β-unsaturated/α-hetero) is 1.